The summed E-state index contributed by atoms with van der Waals surface area (Å²) in [5.74, 6) is 1.25. The fourth-order valence-electron chi connectivity index (χ4n) is 2.93. The van der Waals surface area contributed by atoms with Gasteiger partial charge in [0.2, 0.25) is 11.7 Å². The average Bonchev–Trinajstić information content (AvgIpc) is 3.15. The molecule has 3 aromatic rings. The van der Waals surface area contributed by atoms with E-state index in [0.717, 1.165) is 12.1 Å². The van der Waals surface area contributed by atoms with E-state index in [1.165, 1.54) is 5.56 Å². The molecule has 0 radical (unpaired) electrons. The molecule has 5 heteroatoms. The molecule has 2 aromatic carbocycles. The lowest BCUT2D eigenvalue weighted by molar-refractivity contribution is 0.183. The molecule has 0 aliphatic heterocycles. The standard InChI is InChI=1S/C20H23N3O2/c1-23(18(13-15-24)16-8-4-2-5-9-16)14-12-19-21-20(22-25-19)17-10-6-3-7-11-17/h2-11,18,24H,12-15H2,1H3. The van der Waals surface area contributed by atoms with E-state index in [1.807, 2.05) is 48.5 Å². The number of benzene rings is 2. The molecule has 0 fully saturated rings. The molecule has 0 saturated heterocycles. The SMILES string of the molecule is CN(CCc1nc(-c2ccccc2)no1)C(CCO)c1ccccc1. The van der Waals surface area contributed by atoms with Gasteiger partial charge in [-0.3, -0.25) is 4.90 Å². The van der Waals surface area contributed by atoms with Gasteiger partial charge >= 0.3 is 0 Å². The molecule has 25 heavy (non-hydrogen) atoms. The molecule has 0 aliphatic rings. The maximum atomic E-state index is 9.39. The number of likely N-dealkylation sites (N-methyl/N-ethyl adjacent to an activating group) is 1. The summed E-state index contributed by atoms with van der Waals surface area (Å²) in [5, 5.41) is 13.5. The van der Waals surface area contributed by atoms with Crippen LogP contribution in [0.1, 0.15) is 23.9 Å². The summed E-state index contributed by atoms with van der Waals surface area (Å²) < 4.78 is 5.38. The zero-order valence-electron chi connectivity index (χ0n) is 14.4. The third-order valence-electron chi connectivity index (χ3n) is 4.30. The molecule has 130 valence electrons. The fourth-order valence-corrected chi connectivity index (χ4v) is 2.93. The zero-order chi connectivity index (χ0) is 17.5. The molecule has 0 bridgehead atoms. The van der Waals surface area contributed by atoms with Crippen LogP contribution in [0.4, 0.5) is 0 Å². The van der Waals surface area contributed by atoms with Crippen molar-refractivity contribution >= 4 is 0 Å². The van der Waals surface area contributed by atoms with Crippen molar-refractivity contribution in [3.8, 4) is 11.4 Å². The van der Waals surface area contributed by atoms with Gasteiger partial charge in [0.15, 0.2) is 0 Å². The molecule has 0 amide bonds. The minimum Gasteiger partial charge on any atom is -0.396 e. The predicted octanol–water partition coefficient (Wildman–Crippen LogP) is 3.33. The van der Waals surface area contributed by atoms with Crippen molar-refractivity contribution < 1.29 is 9.63 Å². The van der Waals surface area contributed by atoms with Crippen LogP contribution in [0.5, 0.6) is 0 Å². The van der Waals surface area contributed by atoms with Crippen LogP contribution in [0, 0.1) is 0 Å². The van der Waals surface area contributed by atoms with Crippen molar-refractivity contribution in [1.29, 1.82) is 0 Å². The molecule has 3 rings (SSSR count). The van der Waals surface area contributed by atoms with Crippen molar-refractivity contribution in [1.82, 2.24) is 15.0 Å². The highest BCUT2D eigenvalue weighted by Gasteiger charge is 2.17. The Kier molecular flexibility index (Phi) is 5.93. The lowest BCUT2D eigenvalue weighted by Crippen LogP contribution is -2.27. The quantitative estimate of drug-likeness (QED) is 0.683. The maximum absolute atomic E-state index is 9.39. The first-order chi connectivity index (χ1) is 12.3. The molecule has 0 aliphatic carbocycles. The number of hydrogen-bond donors (Lipinski definition) is 1. The first kappa shape index (κ1) is 17.3. The van der Waals surface area contributed by atoms with Gasteiger partial charge in [-0.05, 0) is 19.0 Å². The molecule has 1 atom stereocenters. The first-order valence-corrected chi connectivity index (χ1v) is 8.52. The summed E-state index contributed by atoms with van der Waals surface area (Å²) in [6, 6.07) is 20.2. The minimum atomic E-state index is 0.155. The number of hydrogen-bond acceptors (Lipinski definition) is 5. The number of rotatable bonds is 8. The molecule has 5 nitrogen and oxygen atoms in total. The van der Waals surface area contributed by atoms with Gasteiger partial charge < -0.3 is 9.63 Å². The summed E-state index contributed by atoms with van der Waals surface area (Å²) in [7, 11) is 2.06. The van der Waals surface area contributed by atoms with Crippen molar-refractivity contribution in [2.45, 2.75) is 18.9 Å². The Hall–Kier alpha value is -2.50. The van der Waals surface area contributed by atoms with Crippen molar-refractivity contribution in [3.63, 3.8) is 0 Å². The highest BCUT2D eigenvalue weighted by Crippen LogP contribution is 2.23. The molecule has 1 aromatic heterocycles. The van der Waals surface area contributed by atoms with E-state index in [9.17, 15) is 5.11 Å². The van der Waals surface area contributed by atoms with Crippen LogP contribution >= 0.6 is 0 Å². The number of nitrogens with zero attached hydrogens (tertiary/aromatic N) is 3. The molecule has 0 spiro atoms. The Bertz CT molecular complexity index is 759. The van der Waals surface area contributed by atoms with Crippen molar-refractivity contribution in [2.75, 3.05) is 20.2 Å². The number of aliphatic hydroxyl groups is 1. The second-order valence-electron chi connectivity index (χ2n) is 6.05. The van der Waals surface area contributed by atoms with Crippen LogP contribution in [0.3, 0.4) is 0 Å². The summed E-state index contributed by atoms with van der Waals surface area (Å²) in [4.78, 5) is 6.70. The normalized spacial score (nSPS) is 12.4. The first-order valence-electron chi connectivity index (χ1n) is 8.52. The lowest BCUT2D eigenvalue weighted by atomic mass is 10.0. The fraction of sp³-hybridized carbons (Fsp3) is 0.300. The van der Waals surface area contributed by atoms with E-state index in [1.54, 1.807) is 0 Å². The van der Waals surface area contributed by atoms with Crippen LogP contribution in [-0.2, 0) is 6.42 Å². The second-order valence-corrected chi connectivity index (χ2v) is 6.05. The van der Waals surface area contributed by atoms with Crippen LogP contribution < -0.4 is 0 Å². The van der Waals surface area contributed by atoms with Gasteiger partial charge in [-0.15, -0.1) is 0 Å². The largest absolute Gasteiger partial charge is 0.396 e. The van der Waals surface area contributed by atoms with Crippen LogP contribution in [0.25, 0.3) is 11.4 Å². The monoisotopic (exact) mass is 337 g/mol. The Balaban J connectivity index is 1.63. The zero-order valence-corrected chi connectivity index (χ0v) is 14.4. The van der Waals surface area contributed by atoms with Gasteiger partial charge in [0.05, 0.1) is 0 Å². The molecular weight excluding hydrogens is 314 g/mol. The smallest absolute Gasteiger partial charge is 0.228 e. The Morgan fingerprint density at radius 1 is 1.04 bits per heavy atom. The maximum Gasteiger partial charge on any atom is 0.228 e. The average molecular weight is 337 g/mol. The van der Waals surface area contributed by atoms with E-state index in [-0.39, 0.29) is 12.6 Å². The Labute approximate surface area is 147 Å². The van der Waals surface area contributed by atoms with Crippen molar-refractivity contribution in [3.05, 3.63) is 72.1 Å². The van der Waals surface area contributed by atoms with E-state index in [0.29, 0.717) is 24.6 Å². The van der Waals surface area contributed by atoms with Gasteiger partial charge in [-0.25, -0.2) is 0 Å². The van der Waals surface area contributed by atoms with Gasteiger partial charge in [-0.2, -0.15) is 4.98 Å². The third kappa shape index (κ3) is 4.53. The highest BCUT2D eigenvalue weighted by molar-refractivity contribution is 5.53. The molecule has 1 unspecified atom stereocenters. The summed E-state index contributed by atoms with van der Waals surface area (Å²) in [6.07, 6.45) is 1.37. The summed E-state index contributed by atoms with van der Waals surface area (Å²) >= 11 is 0. The number of aromatic nitrogens is 2. The second kappa shape index (κ2) is 8.55. The molecule has 1 N–H and O–H groups in total. The van der Waals surface area contributed by atoms with Crippen LogP contribution in [-0.4, -0.2) is 40.3 Å². The highest BCUT2D eigenvalue weighted by atomic mass is 16.5. The third-order valence-corrected chi connectivity index (χ3v) is 4.30. The number of aliphatic hydroxyl groups excluding tert-OH is 1. The van der Waals surface area contributed by atoms with Crippen LogP contribution in [0.15, 0.2) is 65.2 Å². The summed E-state index contributed by atoms with van der Waals surface area (Å²) in [6.45, 7) is 0.929. The van der Waals surface area contributed by atoms with Gasteiger partial charge in [0.1, 0.15) is 0 Å². The summed E-state index contributed by atoms with van der Waals surface area (Å²) in [5.41, 5.74) is 2.16. The van der Waals surface area contributed by atoms with Gasteiger partial charge in [0, 0.05) is 31.2 Å². The molecule has 1 heterocycles. The Morgan fingerprint density at radius 3 is 2.40 bits per heavy atom. The minimum absolute atomic E-state index is 0.155. The van der Waals surface area contributed by atoms with E-state index in [2.05, 4.69) is 34.2 Å². The predicted molar refractivity (Wildman–Crippen MR) is 97.0 cm³/mol. The van der Waals surface area contributed by atoms with Gasteiger partial charge in [0.25, 0.3) is 0 Å². The molecule has 0 saturated carbocycles. The lowest BCUT2D eigenvalue weighted by Gasteiger charge is -2.27. The Morgan fingerprint density at radius 2 is 1.72 bits per heavy atom. The van der Waals surface area contributed by atoms with Crippen LogP contribution in [0.2, 0.25) is 0 Å². The molecular formula is C20H23N3O2. The van der Waals surface area contributed by atoms with E-state index < -0.39 is 0 Å². The van der Waals surface area contributed by atoms with E-state index >= 15 is 0 Å². The topological polar surface area (TPSA) is 62.4 Å². The van der Waals surface area contributed by atoms with Crippen molar-refractivity contribution in [2.24, 2.45) is 0 Å². The van der Waals surface area contributed by atoms with E-state index in [4.69, 9.17) is 4.52 Å². The van der Waals surface area contributed by atoms with Gasteiger partial charge in [-0.1, -0.05) is 65.8 Å².